The zero-order valence-corrected chi connectivity index (χ0v) is 9.80. The summed E-state index contributed by atoms with van der Waals surface area (Å²) in [5, 5.41) is 18.7. The zero-order chi connectivity index (χ0) is 12.4. The van der Waals surface area contributed by atoms with Crippen LogP contribution in [0.1, 0.15) is 36.2 Å². The van der Waals surface area contributed by atoms with Crippen molar-refractivity contribution in [1.82, 2.24) is 0 Å². The summed E-state index contributed by atoms with van der Waals surface area (Å²) in [6.07, 6.45) is 3.46. The Labute approximate surface area is 99.6 Å². The van der Waals surface area contributed by atoms with E-state index in [0.29, 0.717) is 5.88 Å². The highest BCUT2D eigenvalue weighted by Crippen LogP contribution is 2.27. The van der Waals surface area contributed by atoms with E-state index in [1.165, 1.54) is 6.07 Å². The summed E-state index contributed by atoms with van der Waals surface area (Å²) in [7, 11) is 1.82. The lowest BCUT2D eigenvalue weighted by molar-refractivity contribution is 0.0662. The number of likely N-dealkylation sites (N-methyl/N-ethyl adjacent to an activating group) is 1. The van der Waals surface area contributed by atoms with Crippen LogP contribution in [-0.2, 0) is 0 Å². The van der Waals surface area contributed by atoms with Crippen LogP contribution in [0.25, 0.3) is 0 Å². The van der Waals surface area contributed by atoms with Gasteiger partial charge in [0.15, 0.2) is 5.88 Å². The quantitative estimate of drug-likeness (QED) is 0.840. The lowest BCUT2D eigenvalue weighted by Gasteiger charge is -2.34. The zero-order valence-electron chi connectivity index (χ0n) is 9.80. The Morgan fingerprint density at radius 2 is 2.12 bits per heavy atom. The largest absolute Gasteiger partial charge is 0.475 e. The Bertz CT molecular complexity index is 401. The first-order valence-corrected chi connectivity index (χ1v) is 5.83. The molecular weight excluding hydrogens is 222 g/mol. The molecule has 0 spiro atoms. The number of furan rings is 1. The maximum atomic E-state index is 10.7. The highest BCUT2D eigenvalue weighted by molar-refractivity contribution is 5.84. The SMILES string of the molecule is CN(c1ccc(C(=O)O)o1)C1CCCCC1O. The second kappa shape index (κ2) is 4.79. The molecular formula is C12H17NO4. The van der Waals surface area contributed by atoms with Gasteiger partial charge in [0, 0.05) is 13.1 Å². The molecule has 1 aliphatic carbocycles. The van der Waals surface area contributed by atoms with Crippen LogP contribution in [0.4, 0.5) is 5.88 Å². The molecule has 1 saturated carbocycles. The Morgan fingerprint density at radius 3 is 2.71 bits per heavy atom. The molecule has 5 heteroatoms. The van der Waals surface area contributed by atoms with Gasteiger partial charge in [0.2, 0.25) is 5.76 Å². The number of anilines is 1. The van der Waals surface area contributed by atoms with Crippen LogP contribution in [0.2, 0.25) is 0 Å². The molecule has 2 unspecified atom stereocenters. The number of aromatic carboxylic acids is 1. The Morgan fingerprint density at radius 1 is 1.41 bits per heavy atom. The third-order valence-electron chi connectivity index (χ3n) is 3.34. The number of aliphatic hydroxyl groups is 1. The number of hydrogen-bond donors (Lipinski definition) is 2. The number of carboxylic acid groups (broad SMARTS) is 1. The molecule has 1 aromatic rings. The van der Waals surface area contributed by atoms with E-state index in [9.17, 15) is 9.90 Å². The molecule has 2 N–H and O–H groups in total. The van der Waals surface area contributed by atoms with E-state index in [4.69, 9.17) is 9.52 Å². The van der Waals surface area contributed by atoms with Gasteiger partial charge in [-0.15, -0.1) is 0 Å². The monoisotopic (exact) mass is 239 g/mol. The Hall–Kier alpha value is -1.49. The predicted molar refractivity (Wildman–Crippen MR) is 62.3 cm³/mol. The highest BCUT2D eigenvalue weighted by Gasteiger charge is 2.28. The summed E-state index contributed by atoms with van der Waals surface area (Å²) in [6.45, 7) is 0. The van der Waals surface area contributed by atoms with E-state index in [1.807, 2.05) is 11.9 Å². The van der Waals surface area contributed by atoms with E-state index in [-0.39, 0.29) is 17.9 Å². The van der Waals surface area contributed by atoms with Crippen LogP contribution in [0.5, 0.6) is 0 Å². The molecule has 5 nitrogen and oxygen atoms in total. The minimum atomic E-state index is -1.08. The number of carbonyl (C=O) groups is 1. The van der Waals surface area contributed by atoms with Crippen molar-refractivity contribution >= 4 is 11.9 Å². The Kier molecular flexibility index (Phi) is 3.38. The van der Waals surface area contributed by atoms with Crippen LogP contribution >= 0.6 is 0 Å². The average molecular weight is 239 g/mol. The first-order valence-electron chi connectivity index (χ1n) is 5.83. The summed E-state index contributed by atoms with van der Waals surface area (Å²) in [5.74, 6) is -0.653. The van der Waals surface area contributed by atoms with Gasteiger partial charge >= 0.3 is 5.97 Å². The van der Waals surface area contributed by atoms with Gasteiger partial charge in [-0.1, -0.05) is 12.8 Å². The van der Waals surface area contributed by atoms with Gasteiger partial charge in [-0.2, -0.15) is 0 Å². The lowest BCUT2D eigenvalue weighted by Crippen LogP contribution is -2.43. The fraction of sp³-hybridized carbons (Fsp3) is 0.583. The normalized spacial score (nSPS) is 24.6. The van der Waals surface area contributed by atoms with E-state index in [1.54, 1.807) is 6.07 Å². The molecule has 0 radical (unpaired) electrons. The predicted octanol–water partition coefficient (Wildman–Crippen LogP) is 1.72. The molecule has 0 saturated heterocycles. The van der Waals surface area contributed by atoms with Crippen molar-refractivity contribution in [3.63, 3.8) is 0 Å². The molecule has 1 aliphatic rings. The molecule has 0 amide bonds. The van der Waals surface area contributed by atoms with Gasteiger partial charge < -0.3 is 19.5 Å². The van der Waals surface area contributed by atoms with Gasteiger partial charge in [0.1, 0.15) is 0 Å². The van der Waals surface area contributed by atoms with Gasteiger partial charge in [-0.3, -0.25) is 0 Å². The van der Waals surface area contributed by atoms with Crippen LogP contribution in [-0.4, -0.2) is 35.4 Å². The minimum absolute atomic E-state index is 0.0107. The van der Waals surface area contributed by atoms with Gasteiger partial charge in [0.25, 0.3) is 0 Å². The van der Waals surface area contributed by atoms with Crippen molar-refractivity contribution in [2.24, 2.45) is 0 Å². The number of rotatable bonds is 3. The fourth-order valence-electron chi connectivity index (χ4n) is 2.34. The van der Waals surface area contributed by atoms with Gasteiger partial charge in [-0.05, 0) is 18.9 Å². The van der Waals surface area contributed by atoms with E-state index in [0.717, 1.165) is 25.7 Å². The van der Waals surface area contributed by atoms with E-state index in [2.05, 4.69) is 0 Å². The van der Waals surface area contributed by atoms with Crippen molar-refractivity contribution in [3.8, 4) is 0 Å². The maximum Gasteiger partial charge on any atom is 0.371 e. The summed E-state index contributed by atoms with van der Waals surface area (Å²) < 4.78 is 5.22. The fourth-order valence-corrected chi connectivity index (χ4v) is 2.34. The minimum Gasteiger partial charge on any atom is -0.475 e. The van der Waals surface area contributed by atoms with E-state index < -0.39 is 5.97 Å². The molecule has 0 bridgehead atoms. The van der Waals surface area contributed by atoms with Crippen LogP contribution in [0.3, 0.4) is 0 Å². The van der Waals surface area contributed by atoms with Crippen LogP contribution in [0, 0.1) is 0 Å². The number of carboxylic acids is 1. The number of aliphatic hydroxyl groups excluding tert-OH is 1. The van der Waals surface area contributed by atoms with Crippen LogP contribution in [0.15, 0.2) is 16.5 Å². The second-order valence-corrected chi connectivity index (χ2v) is 4.47. The molecule has 0 aliphatic heterocycles. The molecule has 17 heavy (non-hydrogen) atoms. The molecule has 1 heterocycles. The van der Waals surface area contributed by atoms with Crippen molar-refractivity contribution in [2.45, 2.75) is 37.8 Å². The molecule has 0 aromatic carbocycles. The third-order valence-corrected chi connectivity index (χ3v) is 3.34. The molecule has 2 atom stereocenters. The first kappa shape index (κ1) is 12.0. The standard InChI is InChI=1S/C12H17NO4/c1-13(8-4-2-3-5-9(8)14)11-7-6-10(17-11)12(15)16/h6-9,14H,2-5H2,1H3,(H,15,16). The van der Waals surface area contributed by atoms with Crippen molar-refractivity contribution in [3.05, 3.63) is 17.9 Å². The Balaban J connectivity index is 2.12. The van der Waals surface area contributed by atoms with Gasteiger partial charge in [-0.25, -0.2) is 4.79 Å². The summed E-state index contributed by atoms with van der Waals surface area (Å²) in [5.41, 5.74) is 0. The first-order chi connectivity index (χ1) is 8.09. The molecule has 2 rings (SSSR count). The summed E-state index contributed by atoms with van der Waals surface area (Å²) in [6, 6.07) is 3.07. The van der Waals surface area contributed by atoms with Crippen molar-refractivity contribution < 1.29 is 19.4 Å². The van der Waals surface area contributed by atoms with Crippen molar-refractivity contribution in [1.29, 1.82) is 0 Å². The molecule has 1 aromatic heterocycles. The third kappa shape index (κ3) is 2.44. The van der Waals surface area contributed by atoms with Crippen molar-refractivity contribution in [2.75, 3.05) is 11.9 Å². The van der Waals surface area contributed by atoms with E-state index >= 15 is 0 Å². The summed E-state index contributed by atoms with van der Waals surface area (Å²) >= 11 is 0. The second-order valence-electron chi connectivity index (χ2n) is 4.47. The smallest absolute Gasteiger partial charge is 0.371 e. The number of nitrogens with zero attached hydrogens (tertiary/aromatic N) is 1. The van der Waals surface area contributed by atoms with Gasteiger partial charge in [0.05, 0.1) is 12.1 Å². The topological polar surface area (TPSA) is 73.9 Å². The van der Waals surface area contributed by atoms with Crippen LogP contribution < -0.4 is 4.90 Å². The summed E-state index contributed by atoms with van der Waals surface area (Å²) in [4.78, 5) is 12.5. The molecule has 1 fully saturated rings. The average Bonchev–Trinajstić information content (AvgIpc) is 2.78. The molecule has 94 valence electrons. The highest BCUT2D eigenvalue weighted by atomic mass is 16.4. The lowest BCUT2D eigenvalue weighted by atomic mass is 9.92. The maximum absolute atomic E-state index is 10.7. The number of hydrogen-bond acceptors (Lipinski definition) is 4.